The maximum Gasteiger partial charge on any atom is 0.177 e. The summed E-state index contributed by atoms with van der Waals surface area (Å²) in [6.07, 6.45) is 1.03. The Labute approximate surface area is 195 Å². The molecule has 0 aliphatic heterocycles. The average Bonchev–Trinajstić information content (AvgIpc) is 2.78. The first-order valence-electron chi connectivity index (χ1n) is 8.84. The molecule has 1 fully saturated rings. The van der Waals surface area contributed by atoms with Crippen molar-refractivity contribution in [3.05, 3.63) is 86.4 Å². The summed E-state index contributed by atoms with van der Waals surface area (Å²) >= 11 is 0.626. The highest BCUT2D eigenvalue weighted by Gasteiger charge is 2.61. The van der Waals surface area contributed by atoms with Crippen molar-refractivity contribution >= 4 is 41.6 Å². The molecule has 32 heavy (non-hydrogen) atoms. The van der Waals surface area contributed by atoms with E-state index in [1.165, 1.54) is 17.6 Å². The summed E-state index contributed by atoms with van der Waals surface area (Å²) in [5, 5.41) is -2.75. The highest BCUT2D eigenvalue weighted by atomic mass is 32.2. The molecule has 0 N–H and O–H groups in total. The van der Waals surface area contributed by atoms with Crippen LogP contribution in [0.5, 0.6) is 0 Å². The lowest BCUT2D eigenvalue weighted by Gasteiger charge is -2.46. The Balaban J connectivity index is 0.00000466. The predicted octanol–water partition coefficient (Wildman–Crippen LogP) is 3.30. The van der Waals surface area contributed by atoms with Gasteiger partial charge in [-0.1, -0.05) is 38.5 Å². The van der Waals surface area contributed by atoms with Gasteiger partial charge in [0.05, 0.1) is 17.3 Å². The van der Waals surface area contributed by atoms with E-state index in [4.69, 9.17) is 9.22 Å². The highest BCUT2D eigenvalue weighted by Crippen LogP contribution is 2.44. The molecular formula is C20H28O8S4. The summed E-state index contributed by atoms with van der Waals surface area (Å²) in [5.74, 6) is -2.09. The van der Waals surface area contributed by atoms with E-state index in [1.807, 2.05) is 0 Å². The van der Waals surface area contributed by atoms with Crippen LogP contribution in [0.25, 0.3) is 0 Å². The molecule has 1 aliphatic carbocycles. The van der Waals surface area contributed by atoms with Gasteiger partial charge in [-0.2, -0.15) is 4.33 Å². The van der Waals surface area contributed by atoms with Gasteiger partial charge in [0.2, 0.25) is 0 Å². The van der Waals surface area contributed by atoms with Gasteiger partial charge in [-0.15, -0.1) is 26.3 Å². The van der Waals surface area contributed by atoms with Crippen LogP contribution in [0.15, 0.2) is 86.4 Å². The molecule has 6 unspecified atom stereocenters. The van der Waals surface area contributed by atoms with Crippen molar-refractivity contribution in [2.24, 2.45) is 11.8 Å². The molecule has 0 bridgehead atoms. The predicted molar refractivity (Wildman–Crippen MR) is 131 cm³/mol. The lowest BCUT2D eigenvalue weighted by atomic mass is 9.76. The minimum Gasteiger partial charge on any atom is -0.224 e. The average molecular weight is 525 g/mol. The fourth-order valence-corrected chi connectivity index (χ4v) is 9.85. The number of hydrogen-bond donors (Lipinski definition) is 0. The molecule has 1 aliphatic rings. The van der Waals surface area contributed by atoms with Gasteiger partial charge in [0.1, 0.15) is 16.6 Å². The lowest BCUT2D eigenvalue weighted by Crippen LogP contribution is -2.64. The van der Waals surface area contributed by atoms with Crippen LogP contribution >= 0.6 is 12.0 Å². The summed E-state index contributed by atoms with van der Waals surface area (Å²) in [7, 11) is -13.2. The summed E-state index contributed by atoms with van der Waals surface area (Å²) in [5.41, 5.74) is 0. The third-order valence-corrected chi connectivity index (χ3v) is 10.9. The van der Waals surface area contributed by atoms with Crippen LogP contribution in [-0.4, -0.2) is 47.1 Å². The standard InChI is InChI=1S/C18H24O8S4.C2H4/c1-7-13-14(8-2)16(28(19,20)10-4)18(30(23,24)12-6)17(29(21,22)11-5)15(13)25-26-27-9-3;1-2/h7-18H,1-6H2;1-2H2. The highest BCUT2D eigenvalue weighted by molar-refractivity contribution is 8.01. The second-order valence-electron chi connectivity index (χ2n) is 6.18. The van der Waals surface area contributed by atoms with Gasteiger partial charge in [0.25, 0.3) is 0 Å². The van der Waals surface area contributed by atoms with Gasteiger partial charge in [-0.3, -0.25) is 0 Å². The molecule has 0 aromatic rings. The minimum atomic E-state index is -4.48. The van der Waals surface area contributed by atoms with E-state index in [1.54, 1.807) is 0 Å². The van der Waals surface area contributed by atoms with E-state index in [2.05, 4.69) is 52.6 Å². The molecule has 0 aromatic heterocycles. The monoisotopic (exact) mass is 524 g/mol. The van der Waals surface area contributed by atoms with Gasteiger partial charge in [-0.05, 0) is 5.41 Å². The molecule has 0 aromatic carbocycles. The number of allylic oxidation sites excluding steroid dienone is 1. The van der Waals surface area contributed by atoms with Crippen LogP contribution in [0.3, 0.4) is 0 Å². The van der Waals surface area contributed by atoms with Crippen molar-refractivity contribution < 1.29 is 34.5 Å². The number of hydrogen-bond acceptors (Lipinski definition) is 9. The Hall–Kier alpha value is -1.70. The van der Waals surface area contributed by atoms with E-state index < -0.39 is 63.2 Å². The Kier molecular flexibility index (Phi) is 11.9. The van der Waals surface area contributed by atoms with Gasteiger partial charge >= 0.3 is 0 Å². The molecule has 0 heterocycles. The minimum absolute atomic E-state index is 0.514. The second-order valence-corrected chi connectivity index (χ2v) is 13.0. The summed E-state index contributed by atoms with van der Waals surface area (Å²) in [6, 6.07) is 0. The first-order valence-corrected chi connectivity index (χ1v) is 14.5. The van der Waals surface area contributed by atoms with Crippen LogP contribution in [0.2, 0.25) is 0 Å². The van der Waals surface area contributed by atoms with E-state index >= 15 is 0 Å². The molecule has 6 atom stereocenters. The van der Waals surface area contributed by atoms with Crippen molar-refractivity contribution in [3.63, 3.8) is 0 Å². The van der Waals surface area contributed by atoms with Crippen LogP contribution < -0.4 is 0 Å². The summed E-state index contributed by atoms with van der Waals surface area (Å²) in [4.78, 5) is 5.25. The molecule has 0 saturated heterocycles. The van der Waals surface area contributed by atoms with E-state index in [0.717, 1.165) is 0 Å². The van der Waals surface area contributed by atoms with Crippen molar-refractivity contribution in [2.45, 2.75) is 21.9 Å². The quantitative estimate of drug-likeness (QED) is 0.124. The number of rotatable bonds is 12. The molecule has 12 heteroatoms. The van der Waals surface area contributed by atoms with Crippen LogP contribution in [0.1, 0.15) is 0 Å². The van der Waals surface area contributed by atoms with Crippen LogP contribution in [-0.2, 0) is 38.7 Å². The van der Waals surface area contributed by atoms with Crippen LogP contribution in [0.4, 0.5) is 0 Å². The maximum absolute atomic E-state index is 12.9. The molecule has 0 radical (unpaired) electrons. The van der Waals surface area contributed by atoms with E-state index in [0.29, 0.717) is 28.3 Å². The molecule has 1 rings (SSSR count). The summed E-state index contributed by atoms with van der Waals surface area (Å²) in [6.45, 7) is 26.3. The van der Waals surface area contributed by atoms with Crippen molar-refractivity contribution in [1.82, 2.24) is 0 Å². The fraction of sp³-hybridized carbons (Fsp3) is 0.300. The van der Waals surface area contributed by atoms with Crippen molar-refractivity contribution in [2.75, 3.05) is 0 Å². The zero-order valence-electron chi connectivity index (χ0n) is 17.5. The smallest absolute Gasteiger partial charge is 0.177 e. The third kappa shape index (κ3) is 6.21. The Morgan fingerprint density at radius 3 is 1.41 bits per heavy atom. The number of sulfone groups is 3. The van der Waals surface area contributed by atoms with E-state index in [-0.39, 0.29) is 0 Å². The second kappa shape index (κ2) is 12.5. The zero-order chi connectivity index (χ0) is 25.3. The summed E-state index contributed by atoms with van der Waals surface area (Å²) < 4.78 is 82.4. The van der Waals surface area contributed by atoms with Gasteiger partial charge in [0, 0.05) is 28.1 Å². The van der Waals surface area contributed by atoms with Crippen LogP contribution in [0, 0.1) is 11.8 Å². The van der Waals surface area contributed by atoms with Gasteiger partial charge in [-0.25, -0.2) is 30.1 Å². The molecule has 1 saturated carbocycles. The third-order valence-electron chi connectivity index (χ3n) is 4.81. The molecule has 0 spiro atoms. The maximum atomic E-state index is 12.9. The Bertz CT molecular complexity index is 1040. The van der Waals surface area contributed by atoms with Gasteiger partial charge in [0.15, 0.2) is 29.5 Å². The molecule has 180 valence electrons. The van der Waals surface area contributed by atoms with Crippen molar-refractivity contribution in [1.29, 1.82) is 0 Å². The first-order chi connectivity index (χ1) is 14.9. The first kappa shape index (κ1) is 30.3. The molecular weight excluding hydrogens is 496 g/mol. The van der Waals surface area contributed by atoms with E-state index in [9.17, 15) is 25.3 Å². The lowest BCUT2D eigenvalue weighted by molar-refractivity contribution is -0.246. The largest absolute Gasteiger partial charge is 0.224 e. The topological polar surface area (TPSA) is 121 Å². The normalized spacial score (nSPS) is 28.2. The molecule has 0 amide bonds. The van der Waals surface area contributed by atoms with Crippen molar-refractivity contribution in [3.8, 4) is 0 Å². The van der Waals surface area contributed by atoms with Gasteiger partial charge < -0.3 is 0 Å². The molecule has 8 nitrogen and oxygen atoms in total. The fourth-order valence-electron chi connectivity index (χ4n) is 3.53. The Morgan fingerprint density at radius 2 is 1.03 bits per heavy atom. The Morgan fingerprint density at radius 1 is 0.625 bits per heavy atom. The SMILES string of the molecule is C=C.C=CSOOC1C(C=C)C(C=C)C(S(=O)(=O)C=C)C(S(=O)(=O)C=C)C1S(=O)(=O)C=C. The zero-order valence-corrected chi connectivity index (χ0v) is 20.8.